The van der Waals surface area contributed by atoms with Crippen molar-refractivity contribution >= 4 is 11.9 Å². The molecule has 0 bridgehead atoms. The number of carbonyl (C=O) groups excluding carboxylic acids is 1. The highest BCUT2D eigenvalue weighted by atomic mass is 19.1. The van der Waals surface area contributed by atoms with Crippen LogP contribution in [-0.4, -0.2) is 28.0 Å². The second-order valence-corrected chi connectivity index (χ2v) is 4.69. The number of halogens is 1. The number of nitrogens with zero attached hydrogens (tertiary/aromatic N) is 1. The van der Waals surface area contributed by atoms with E-state index in [9.17, 15) is 14.0 Å². The molecule has 1 amide bonds. The maximum absolute atomic E-state index is 12.9. The van der Waals surface area contributed by atoms with Crippen molar-refractivity contribution in [3.05, 3.63) is 54.0 Å². The van der Waals surface area contributed by atoms with Crippen LogP contribution in [0.3, 0.4) is 0 Å². The summed E-state index contributed by atoms with van der Waals surface area (Å²) in [4.78, 5) is 27.2. The van der Waals surface area contributed by atoms with E-state index in [0.29, 0.717) is 11.3 Å². The van der Waals surface area contributed by atoms with E-state index in [1.165, 1.54) is 18.2 Å². The van der Waals surface area contributed by atoms with E-state index in [1.807, 2.05) is 0 Å². The lowest BCUT2D eigenvalue weighted by Crippen LogP contribution is -2.40. The van der Waals surface area contributed by atoms with Crippen molar-refractivity contribution in [1.29, 1.82) is 0 Å². The van der Waals surface area contributed by atoms with E-state index >= 15 is 0 Å². The fourth-order valence-electron chi connectivity index (χ4n) is 1.91. The van der Waals surface area contributed by atoms with E-state index in [2.05, 4.69) is 10.3 Å². The highest BCUT2D eigenvalue weighted by Crippen LogP contribution is 2.17. The first kappa shape index (κ1) is 15.6. The van der Waals surface area contributed by atoms with Gasteiger partial charge in [-0.25, -0.2) is 14.2 Å². The summed E-state index contributed by atoms with van der Waals surface area (Å²) in [6, 6.07) is 9.61. The first-order chi connectivity index (χ1) is 10.5. The number of hydrogen-bond acceptors (Lipinski definition) is 3. The standard InChI is InChI=1S/C16H15FN2O3/c1-2-12(16(21)22)19-15(20)14-5-3-4-13(18-14)10-6-8-11(17)9-7-10/h3-9,12H,2H2,1H3,(H,19,20)(H,21,22)/t12-/m0/s1. The number of nitrogens with one attached hydrogen (secondary N) is 1. The van der Waals surface area contributed by atoms with Crippen molar-refractivity contribution in [2.24, 2.45) is 0 Å². The summed E-state index contributed by atoms with van der Waals surface area (Å²) in [7, 11) is 0. The van der Waals surface area contributed by atoms with Crippen LogP contribution in [0.1, 0.15) is 23.8 Å². The van der Waals surface area contributed by atoms with Crippen LogP contribution in [0.2, 0.25) is 0 Å². The van der Waals surface area contributed by atoms with Crippen LogP contribution in [0, 0.1) is 5.82 Å². The number of carbonyl (C=O) groups is 2. The molecule has 0 radical (unpaired) electrons. The van der Waals surface area contributed by atoms with Crippen LogP contribution in [0.4, 0.5) is 4.39 Å². The van der Waals surface area contributed by atoms with Crippen LogP contribution in [0.15, 0.2) is 42.5 Å². The lowest BCUT2D eigenvalue weighted by molar-refractivity contribution is -0.139. The average Bonchev–Trinajstić information content (AvgIpc) is 2.53. The summed E-state index contributed by atoms with van der Waals surface area (Å²) in [6.07, 6.45) is 0.277. The minimum absolute atomic E-state index is 0.113. The van der Waals surface area contributed by atoms with Crippen LogP contribution < -0.4 is 5.32 Å². The summed E-state index contributed by atoms with van der Waals surface area (Å²) in [5.74, 6) is -2.01. The van der Waals surface area contributed by atoms with Crippen molar-refractivity contribution in [2.75, 3.05) is 0 Å². The molecule has 2 N–H and O–H groups in total. The quantitative estimate of drug-likeness (QED) is 0.889. The molecule has 0 fully saturated rings. The van der Waals surface area contributed by atoms with Gasteiger partial charge in [-0.15, -0.1) is 0 Å². The molecular weight excluding hydrogens is 287 g/mol. The minimum Gasteiger partial charge on any atom is -0.480 e. The van der Waals surface area contributed by atoms with E-state index in [1.54, 1.807) is 31.2 Å². The van der Waals surface area contributed by atoms with Gasteiger partial charge in [0.25, 0.3) is 5.91 Å². The zero-order valence-corrected chi connectivity index (χ0v) is 11.9. The van der Waals surface area contributed by atoms with E-state index in [4.69, 9.17) is 5.11 Å². The van der Waals surface area contributed by atoms with Gasteiger partial charge in [-0.3, -0.25) is 4.79 Å². The number of aromatic nitrogens is 1. The van der Waals surface area contributed by atoms with E-state index in [0.717, 1.165) is 0 Å². The van der Waals surface area contributed by atoms with Crippen molar-refractivity contribution in [1.82, 2.24) is 10.3 Å². The zero-order valence-electron chi connectivity index (χ0n) is 11.9. The molecule has 0 saturated heterocycles. The Morgan fingerprint density at radius 3 is 2.50 bits per heavy atom. The van der Waals surface area contributed by atoms with Gasteiger partial charge in [0.2, 0.25) is 0 Å². The lowest BCUT2D eigenvalue weighted by atomic mass is 10.1. The number of hydrogen-bond donors (Lipinski definition) is 2. The van der Waals surface area contributed by atoms with Gasteiger partial charge in [0.05, 0.1) is 5.69 Å². The summed E-state index contributed by atoms with van der Waals surface area (Å²) >= 11 is 0. The molecule has 2 aromatic rings. The van der Waals surface area contributed by atoms with Crippen LogP contribution in [0.25, 0.3) is 11.3 Å². The van der Waals surface area contributed by atoms with Gasteiger partial charge in [-0.2, -0.15) is 0 Å². The molecule has 0 aliphatic rings. The van der Waals surface area contributed by atoms with Crippen molar-refractivity contribution in [3.63, 3.8) is 0 Å². The monoisotopic (exact) mass is 302 g/mol. The van der Waals surface area contributed by atoms with Crippen molar-refractivity contribution in [3.8, 4) is 11.3 Å². The molecule has 22 heavy (non-hydrogen) atoms. The van der Waals surface area contributed by atoms with Gasteiger partial charge < -0.3 is 10.4 Å². The second-order valence-electron chi connectivity index (χ2n) is 4.69. The average molecular weight is 302 g/mol. The predicted octanol–water partition coefficient (Wildman–Crippen LogP) is 2.48. The molecule has 114 valence electrons. The maximum atomic E-state index is 12.9. The van der Waals surface area contributed by atoms with Crippen LogP contribution in [-0.2, 0) is 4.79 Å². The Labute approximate surface area is 126 Å². The second kappa shape index (κ2) is 6.80. The SMILES string of the molecule is CC[C@H](NC(=O)c1cccc(-c2ccc(F)cc2)n1)C(=O)O. The third kappa shape index (κ3) is 3.66. The topological polar surface area (TPSA) is 79.3 Å². The Morgan fingerprint density at radius 1 is 1.23 bits per heavy atom. The Hall–Kier alpha value is -2.76. The number of pyridine rings is 1. The molecule has 6 heteroatoms. The van der Waals surface area contributed by atoms with Gasteiger partial charge >= 0.3 is 5.97 Å². The number of amides is 1. The molecule has 2 rings (SSSR count). The third-order valence-corrected chi connectivity index (χ3v) is 3.13. The Kier molecular flexibility index (Phi) is 4.83. The molecule has 5 nitrogen and oxygen atoms in total. The summed E-state index contributed by atoms with van der Waals surface area (Å²) in [5, 5.41) is 11.4. The van der Waals surface area contributed by atoms with Crippen LogP contribution >= 0.6 is 0 Å². The molecule has 0 aliphatic carbocycles. The minimum atomic E-state index is -1.09. The fourth-order valence-corrected chi connectivity index (χ4v) is 1.91. The largest absolute Gasteiger partial charge is 0.480 e. The van der Waals surface area contributed by atoms with Crippen molar-refractivity contribution < 1.29 is 19.1 Å². The zero-order chi connectivity index (χ0) is 16.1. The lowest BCUT2D eigenvalue weighted by Gasteiger charge is -2.12. The van der Waals surface area contributed by atoms with Gasteiger partial charge in [-0.05, 0) is 42.8 Å². The molecule has 0 unspecified atom stereocenters. The first-order valence-electron chi connectivity index (χ1n) is 6.78. The molecule has 0 spiro atoms. The summed E-state index contributed by atoms with van der Waals surface area (Å²) in [6.45, 7) is 1.67. The summed E-state index contributed by atoms with van der Waals surface area (Å²) in [5.41, 5.74) is 1.29. The first-order valence-corrected chi connectivity index (χ1v) is 6.78. The van der Waals surface area contributed by atoms with E-state index in [-0.39, 0.29) is 17.9 Å². The molecule has 1 aromatic carbocycles. The molecule has 0 aliphatic heterocycles. The number of rotatable bonds is 5. The summed E-state index contributed by atoms with van der Waals surface area (Å²) < 4.78 is 12.9. The van der Waals surface area contributed by atoms with E-state index < -0.39 is 17.9 Å². The highest BCUT2D eigenvalue weighted by Gasteiger charge is 2.19. The Bertz CT molecular complexity index is 686. The molecular formula is C16H15FN2O3. The maximum Gasteiger partial charge on any atom is 0.326 e. The van der Waals surface area contributed by atoms with Gasteiger partial charge in [-0.1, -0.05) is 13.0 Å². The number of benzene rings is 1. The van der Waals surface area contributed by atoms with Gasteiger partial charge in [0, 0.05) is 5.56 Å². The number of carboxylic acid groups (broad SMARTS) is 1. The predicted molar refractivity (Wildman–Crippen MR) is 78.8 cm³/mol. The van der Waals surface area contributed by atoms with Gasteiger partial charge in [0.1, 0.15) is 17.6 Å². The molecule has 1 heterocycles. The van der Waals surface area contributed by atoms with Crippen LogP contribution in [0.5, 0.6) is 0 Å². The van der Waals surface area contributed by atoms with Crippen molar-refractivity contribution in [2.45, 2.75) is 19.4 Å². The number of aliphatic carboxylic acids is 1. The molecule has 1 aromatic heterocycles. The molecule has 1 atom stereocenters. The Morgan fingerprint density at radius 2 is 1.91 bits per heavy atom. The number of carboxylic acids is 1. The molecule has 0 saturated carbocycles. The van der Waals surface area contributed by atoms with Gasteiger partial charge in [0.15, 0.2) is 0 Å². The highest BCUT2D eigenvalue weighted by molar-refractivity contribution is 5.95. The Balaban J connectivity index is 2.22. The smallest absolute Gasteiger partial charge is 0.326 e. The third-order valence-electron chi connectivity index (χ3n) is 3.13. The normalized spacial score (nSPS) is 11.7. The fraction of sp³-hybridized carbons (Fsp3) is 0.188.